The molecule has 1 aliphatic rings. The van der Waals surface area contributed by atoms with Crippen molar-refractivity contribution in [1.82, 2.24) is 0 Å². The molecule has 21 heavy (non-hydrogen) atoms. The van der Waals surface area contributed by atoms with Gasteiger partial charge in [0.2, 0.25) is 0 Å². The molecule has 1 aliphatic heterocycles. The number of rotatable bonds is 5. The molecule has 0 aromatic heterocycles. The van der Waals surface area contributed by atoms with E-state index in [0.29, 0.717) is 23.7 Å². The fraction of sp³-hybridized carbons (Fsp3) is 0.235. The first-order chi connectivity index (χ1) is 10.3. The molecule has 4 nitrogen and oxygen atoms in total. The summed E-state index contributed by atoms with van der Waals surface area (Å²) < 4.78 is 16.8. The van der Waals surface area contributed by atoms with Gasteiger partial charge in [-0.25, -0.2) is 0 Å². The first-order valence-corrected chi connectivity index (χ1v) is 6.80. The minimum atomic E-state index is -0.00199. The summed E-state index contributed by atoms with van der Waals surface area (Å²) in [5.41, 5.74) is 1.76. The molecule has 2 aromatic rings. The van der Waals surface area contributed by atoms with Gasteiger partial charge in [0.1, 0.15) is 24.7 Å². The van der Waals surface area contributed by atoms with Crippen LogP contribution in [-0.4, -0.2) is 26.1 Å². The summed E-state index contributed by atoms with van der Waals surface area (Å²) >= 11 is 0. The number of carbonyl (C=O) groups is 1. The summed E-state index contributed by atoms with van der Waals surface area (Å²) in [6, 6.07) is 13.1. The Morgan fingerprint density at radius 3 is 2.86 bits per heavy atom. The van der Waals surface area contributed by atoms with E-state index in [4.69, 9.17) is 14.2 Å². The molecular weight excluding hydrogens is 268 g/mol. The third-order valence-electron chi connectivity index (χ3n) is 3.46. The first kappa shape index (κ1) is 13.5. The normalized spacial score (nSPS) is 16.0. The summed E-state index contributed by atoms with van der Waals surface area (Å²) in [6.07, 6.45) is 1.62. The van der Waals surface area contributed by atoms with Crippen LogP contribution in [0.4, 0.5) is 0 Å². The molecule has 0 fully saturated rings. The molecule has 3 rings (SSSR count). The van der Waals surface area contributed by atoms with Gasteiger partial charge in [0.25, 0.3) is 0 Å². The van der Waals surface area contributed by atoms with Gasteiger partial charge in [-0.05, 0) is 29.8 Å². The second-order valence-corrected chi connectivity index (χ2v) is 4.89. The Bertz CT molecular complexity index is 626. The zero-order valence-electron chi connectivity index (χ0n) is 11.7. The first-order valence-electron chi connectivity index (χ1n) is 6.80. The van der Waals surface area contributed by atoms with E-state index in [9.17, 15) is 4.79 Å². The van der Waals surface area contributed by atoms with Crippen LogP contribution in [0.15, 0.2) is 42.5 Å². The van der Waals surface area contributed by atoms with Gasteiger partial charge in [0, 0.05) is 12.0 Å². The molecule has 2 aromatic carbocycles. The van der Waals surface area contributed by atoms with E-state index in [2.05, 4.69) is 6.07 Å². The minimum Gasteiger partial charge on any atom is -0.493 e. The van der Waals surface area contributed by atoms with E-state index in [1.54, 1.807) is 25.3 Å². The lowest BCUT2D eigenvalue weighted by atomic mass is 10.1. The molecule has 0 bridgehead atoms. The lowest BCUT2D eigenvalue weighted by Crippen LogP contribution is -2.22. The predicted octanol–water partition coefficient (Wildman–Crippen LogP) is 2.89. The van der Waals surface area contributed by atoms with Crippen molar-refractivity contribution >= 4 is 6.29 Å². The number of fused-ring (bicyclic) bond motifs is 1. The van der Waals surface area contributed by atoms with Crippen LogP contribution >= 0.6 is 0 Å². The standard InChI is InChI=1S/C17H16O4/c1-19-17-8-12(10-18)6-7-16(17)20-11-14-9-13-4-2-3-5-15(13)21-14/h2-8,10,14H,9,11H2,1H3. The summed E-state index contributed by atoms with van der Waals surface area (Å²) in [4.78, 5) is 10.8. The molecule has 0 saturated heterocycles. The highest BCUT2D eigenvalue weighted by atomic mass is 16.5. The van der Waals surface area contributed by atoms with Crippen LogP contribution in [0, 0.1) is 0 Å². The second kappa shape index (κ2) is 5.87. The van der Waals surface area contributed by atoms with Crippen molar-refractivity contribution in [3.05, 3.63) is 53.6 Å². The smallest absolute Gasteiger partial charge is 0.161 e. The molecule has 4 heteroatoms. The highest BCUT2D eigenvalue weighted by Gasteiger charge is 2.23. The molecule has 0 saturated carbocycles. The lowest BCUT2D eigenvalue weighted by molar-refractivity contribution is 0.112. The van der Waals surface area contributed by atoms with Gasteiger partial charge in [-0.3, -0.25) is 4.79 Å². The number of methoxy groups -OCH3 is 1. The Labute approximate surface area is 123 Å². The Morgan fingerprint density at radius 1 is 1.24 bits per heavy atom. The van der Waals surface area contributed by atoms with E-state index >= 15 is 0 Å². The van der Waals surface area contributed by atoms with Crippen molar-refractivity contribution in [2.75, 3.05) is 13.7 Å². The van der Waals surface area contributed by atoms with Crippen molar-refractivity contribution in [1.29, 1.82) is 0 Å². The fourth-order valence-electron chi connectivity index (χ4n) is 2.41. The average molecular weight is 284 g/mol. The minimum absolute atomic E-state index is 0.00199. The van der Waals surface area contributed by atoms with Gasteiger partial charge in [0.15, 0.2) is 11.5 Å². The van der Waals surface area contributed by atoms with Gasteiger partial charge in [-0.2, -0.15) is 0 Å². The molecule has 108 valence electrons. The molecule has 1 atom stereocenters. The van der Waals surface area contributed by atoms with Gasteiger partial charge in [0.05, 0.1) is 7.11 Å². The third-order valence-corrected chi connectivity index (χ3v) is 3.46. The van der Waals surface area contributed by atoms with E-state index in [1.807, 2.05) is 18.2 Å². The van der Waals surface area contributed by atoms with E-state index in [-0.39, 0.29) is 6.10 Å². The van der Waals surface area contributed by atoms with E-state index < -0.39 is 0 Å². The second-order valence-electron chi connectivity index (χ2n) is 4.89. The predicted molar refractivity (Wildman–Crippen MR) is 78.4 cm³/mol. The van der Waals surface area contributed by atoms with Crippen LogP contribution in [0.25, 0.3) is 0 Å². The van der Waals surface area contributed by atoms with E-state index in [1.165, 1.54) is 5.56 Å². The molecule has 0 spiro atoms. The average Bonchev–Trinajstić information content (AvgIpc) is 2.95. The molecule has 0 radical (unpaired) electrons. The Kier molecular flexibility index (Phi) is 3.77. The Hall–Kier alpha value is -2.49. The number of carbonyl (C=O) groups excluding carboxylic acids is 1. The topological polar surface area (TPSA) is 44.8 Å². The maximum atomic E-state index is 10.8. The number of hydrogen-bond donors (Lipinski definition) is 0. The SMILES string of the molecule is COc1cc(C=O)ccc1OCC1Cc2ccccc2O1. The van der Waals surface area contributed by atoms with Crippen molar-refractivity contribution in [2.45, 2.75) is 12.5 Å². The van der Waals surface area contributed by atoms with Gasteiger partial charge >= 0.3 is 0 Å². The summed E-state index contributed by atoms with van der Waals surface area (Å²) in [7, 11) is 1.55. The van der Waals surface area contributed by atoms with Crippen LogP contribution < -0.4 is 14.2 Å². The lowest BCUT2D eigenvalue weighted by Gasteiger charge is -2.14. The Morgan fingerprint density at radius 2 is 2.10 bits per heavy atom. The van der Waals surface area contributed by atoms with Gasteiger partial charge < -0.3 is 14.2 Å². The van der Waals surface area contributed by atoms with Crippen LogP contribution in [0.3, 0.4) is 0 Å². The molecule has 0 N–H and O–H groups in total. The quantitative estimate of drug-likeness (QED) is 0.792. The fourth-order valence-corrected chi connectivity index (χ4v) is 2.41. The van der Waals surface area contributed by atoms with Crippen LogP contribution in [0.1, 0.15) is 15.9 Å². The summed E-state index contributed by atoms with van der Waals surface area (Å²) in [5.74, 6) is 2.09. The van der Waals surface area contributed by atoms with Crippen molar-refractivity contribution in [3.8, 4) is 17.2 Å². The van der Waals surface area contributed by atoms with E-state index in [0.717, 1.165) is 18.5 Å². The van der Waals surface area contributed by atoms with Gasteiger partial charge in [-0.15, -0.1) is 0 Å². The molecular formula is C17H16O4. The van der Waals surface area contributed by atoms with Crippen molar-refractivity contribution in [2.24, 2.45) is 0 Å². The zero-order valence-corrected chi connectivity index (χ0v) is 11.7. The largest absolute Gasteiger partial charge is 0.493 e. The monoisotopic (exact) mass is 284 g/mol. The maximum Gasteiger partial charge on any atom is 0.161 e. The number of hydrogen-bond acceptors (Lipinski definition) is 4. The zero-order chi connectivity index (χ0) is 14.7. The molecule has 1 heterocycles. The summed E-state index contributed by atoms with van der Waals surface area (Å²) in [5, 5.41) is 0. The number of ether oxygens (including phenoxy) is 3. The number of benzene rings is 2. The van der Waals surface area contributed by atoms with Crippen molar-refractivity contribution < 1.29 is 19.0 Å². The Balaban J connectivity index is 1.65. The molecule has 0 aliphatic carbocycles. The summed E-state index contributed by atoms with van der Waals surface area (Å²) in [6.45, 7) is 0.436. The number of aldehydes is 1. The molecule has 0 amide bonds. The van der Waals surface area contributed by atoms with Gasteiger partial charge in [-0.1, -0.05) is 18.2 Å². The van der Waals surface area contributed by atoms with Crippen LogP contribution in [0.5, 0.6) is 17.2 Å². The third kappa shape index (κ3) is 2.84. The van der Waals surface area contributed by atoms with Crippen LogP contribution in [0.2, 0.25) is 0 Å². The molecule has 1 unspecified atom stereocenters. The highest BCUT2D eigenvalue weighted by molar-refractivity contribution is 5.76. The maximum absolute atomic E-state index is 10.8. The number of para-hydroxylation sites is 1. The van der Waals surface area contributed by atoms with Crippen molar-refractivity contribution in [3.63, 3.8) is 0 Å². The van der Waals surface area contributed by atoms with Crippen LogP contribution in [-0.2, 0) is 6.42 Å². The highest BCUT2D eigenvalue weighted by Crippen LogP contribution is 2.31.